The van der Waals surface area contributed by atoms with E-state index in [4.69, 9.17) is 9.05 Å². The van der Waals surface area contributed by atoms with Gasteiger partial charge in [0.2, 0.25) is 35.4 Å². The van der Waals surface area contributed by atoms with E-state index >= 15 is 0 Å². The average Bonchev–Trinajstić information content (AvgIpc) is 0.835. The monoisotopic (exact) mass is 1960 g/mol. The van der Waals surface area contributed by atoms with Gasteiger partial charge in [-0.25, -0.2) is 13.8 Å². The molecule has 1 aliphatic heterocycles. The number of benzene rings is 4. The standard InChI is InChI=1S/C33H40N4O6.C30H37FN4O5.C24H33FN2O4.C20H29N3O5/c1-20(2)15-27(31(40)34-25(19-38)17-24-10-5-7-14-30(24)39)35-32(41)28(36-33(42)29-16-21(3)43-37-29)18-23-12-8-11-22-9-4-6-13-26(22)23;1-19(2)13-22(29(39)34-24(18-36)15-21-5-3-4-6-27(21)37)16-28(38)25(14-20-7-9-23(31)10-8-20)35-30(40)26-17-32-11-12-33-26;1-15(2)10-19(13-22(29)16(3)11-17-4-6-20(25)7-5-17)24(31)27-21(14-28)12-18-8-9-26-23(18)30;1-12(2)8-16(22-20(27)17-9-13(3)28-23-17)19(26)21-15(11-24)10-14-6-4-5-7-18(14)25/h4,6,8-9,11-13,16,19-20,24-25,27-28H,5,7,10,14-15,17-18H2,1-3H3,(H,34,40)(H,35,41)(H,36,42);7-12,17-19,21-22,24-25H,3-6,13-16H2,1-2H3,(H,34,39)(H,35,40);4-7,14-16,18-19,21H,8-13H2,1-3H3,(H,26,30)(H,27,31);9,11-12,14-16H,4-8,10H2,1-3H3,(H,21,26)(H,22,27)/t24-,25?,27-,28-;21-,22+,24-,25-;16-,18-,19+,21-;14-,15-,16-/m0000/s1. The Bertz CT molecular complexity index is 5410. The first-order valence-electron chi connectivity index (χ1n) is 49.5. The van der Waals surface area contributed by atoms with Crippen molar-refractivity contribution in [3.63, 3.8) is 0 Å². The van der Waals surface area contributed by atoms with Crippen molar-refractivity contribution in [1.29, 1.82) is 0 Å². The number of rotatable bonds is 48. The predicted octanol–water partition coefficient (Wildman–Crippen LogP) is 12.0. The number of fused-ring (bicyclic) bond motifs is 1. The van der Waals surface area contributed by atoms with Crippen LogP contribution in [0.5, 0.6) is 0 Å². The Morgan fingerprint density at radius 2 is 0.817 bits per heavy atom. The third kappa shape index (κ3) is 38.3. The first kappa shape index (κ1) is 114. The minimum atomic E-state index is -1.04. The second-order valence-electron chi connectivity index (χ2n) is 39.5. The van der Waals surface area contributed by atoms with Crippen molar-refractivity contribution in [2.45, 2.75) is 291 Å². The highest BCUT2D eigenvalue weighted by atomic mass is 19.1. The Morgan fingerprint density at radius 3 is 1.23 bits per heavy atom. The molecule has 0 bridgehead atoms. The van der Waals surface area contributed by atoms with Gasteiger partial charge < -0.3 is 76.1 Å². The molecule has 4 aliphatic rings. The highest BCUT2D eigenvalue weighted by Gasteiger charge is 2.38. The van der Waals surface area contributed by atoms with E-state index in [1.165, 1.54) is 67.1 Å². The molecule has 15 atom stereocenters. The fourth-order valence-electron chi connectivity index (χ4n) is 18.1. The highest BCUT2D eigenvalue weighted by molar-refractivity contribution is 6.01. The average molecular weight is 1970 g/mol. The number of aryl methyl sites for hydroxylation is 2. The van der Waals surface area contributed by atoms with E-state index < -0.39 is 107 Å². The van der Waals surface area contributed by atoms with Gasteiger partial charge in [-0.3, -0.25) is 72.1 Å². The number of nitrogens with one attached hydrogen (secondary N) is 9. The lowest BCUT2D eigenvalue weighted by Gasteiger charge is -2.27. The van der Waals surface area contributed by atoms with E-state index in [1.54, 1.807) is 26.0 Å². The van der Waals surface area contributed by atoms with Crippen LogP contribution in [0, 0.1) is 90.6 Å². The molecule has 4 heterocycles. The minimum Gasteiger partial charge on any atom is -0.361 e. The van der Waals surface area contributed by atoms with E-state index in [-0.39, 0.29) is 162 Å². The second-order valence-corrected chi connectivity index (χ2v) is 39.5. The summed E-state index contributed by atoms with van der Waals surface area (Å²) in [6, 6.07) is 21.2. The van der Waals surface area contributed by atoms with Crippen LogP contribution in [0.2, 0.25) is 0 Å². The molecule has 3 aliphatic carbocycles. The van der Waals surface area contributed by atoms with Crippen molar-refractivity contribution in [1.82, 2.24) is 68.1 Å². The summed E-state index contributed by atoms with van der Waals surface area (Å²) in [7, 11) is 0. The van der Waals surface area contributed by atoms with Gasteiger partial charge in [-0.05, 0) is 198 Å². The smallest absolute Gasteiger partial charge is 0.274 e. The summed E-state index contributed by atoms with van der Waals surface area (Å²) in [5, 5.41) is 34.0. The molecule has 766 valence electrons. The summed E-state index contributed by atoms with van der Waals surface area (Å²) in [6.45, 7) is 21.2. The lowest BCUT2D eigenvalue weighted by atomic mass is 9.83. The summed E-state index contributed by atoms with van der Waals surface area (Å²) in [4.78, 5) is 234. The molecular formula is C107H139F2N13O20. The topological polar surface area (TPSA) is 493 Å². The van der Waals surface area contributed by atoms with Gasteiger partial charge in [-0.1, -0.05) is 159 Å². The molecule has 33 nitrogen and oxygen atoms in total. The van der Waals surface area contributed by atoms with E-state index in [2.05, 4.69) is 68.1 Å². The van der Waals surface area contributed by atoms with E-state index in [0.29, 0.717) is 126 Å². The second kappa shape index (κ2) is 58.2. The summed E-state index contributed by atoms with van der Waals surface area (Å²) < 4.78 is 36.5. The van der Waals surface area contributed by atoms with Crippen molar-refractivity contribution >= 4 is 118 Å². The van der Waals surface area contributed by atoms with Gasteiger partial charge in [0.1, 0.15) is 95.3 Å². The number of carbonyl (C=O) groups is 18. The van der Waals surface area contributed by atoms with Crippen molar-refractivity contribution in [3.05, 3.63) is 179 Å². The van der Waals surface area contributed by atoms with Crippen LogP contribution >= 0.6 is 0 Å². The number of halogens is 2. The molecule has 4 fully saturated rings. The molecule has 1 unspecified atom stereocenters. The molecule has 3 saturated carbocycles. The number of Topliss-reactive ketones (excluding diaryl/α,β-unsaturated/α-hetero) is 5. The normalized spacial score (nSPS) is 18.0. The number of hydrogen-bond donors (Lipinski definition) is 9. The fourth-order valence-corrected chi connectivity index (χ4v) is 18.1. The predicted molar refractivity (Wildman–Crippen MR) is 524 cm³/mol. The third-order valence-electron chi connectivity index (χ3n) is 25.6. The summed E-state index contributed by atoms with van der Waals surface area (Å²) >= 11 is 0. The van der Waals surface area contributed by atoms with Gasteiger partial charge in [0.15, 0.2) is 17.2 Å². The van der Waals surface area contributed by atoms with Crippen LogP contribution in [-0.4, -0.2) is 182 Å². The zero-order chi connectivity index (χ0) is 104. The molecule has 0 radical (unpaired) electrons. The first-order valence-corrected chi connectivity index (χ1v) is 49.5. The Balaban J connectivity index is 0.000000235. The van der Waals surface area contributed by atoms with E-state index in [9.17, 15) is 95.1 Å². The van der Waals surface area contributed by atoms with Gasteiger partial charge in [0.05, 0.1) is 36.4 Å². The number of aromatic nitrogens is 4. The maximum atomic E-state index is 13.8. The zero-order valence-electron chi connectivity index (χ0n) is 83.1. The summed E-state index contributed by atoms with van der Waals surface area (Å²) in [5.74, 6) is -6.03. The molecule has 7 aromatic rings. The van der Waals surface area contributed by atoms with Crippen LogP contribution in [0.3, 0.4) is 0 Å². The number of carbonyl (C=O) groups excluding carboxylic acids is 18. The summed E-state index contributed by atoms with van der Waals surface area (Å²) in [5.41, 5.74) is 2.50. The van der Waals surface area contributed by atoms with Gasteiger partial charge in [-0.2, -0.15) is 0 Å². The zero-order valence-corrected chi connectivity index (χ0v) is 83.1. The van der Waals surface area contributed by atoms with Crippen LogP contribution in [0.15, 0.2) is 131 Å². The molecule has 9 amide bonds. The van der Waals surface area contributed by atoms with Gasteiger partial charge in [0.25, 0.3) is 17.7 Å². The number of aldehydes is 4. The van der Waals surface area contributed by atoms with Gasteiger partial charge >= 0.3 is 0 Å². The van der Waals surface area contributed by atoms with Crippen LogP contribution in [0.4, 0.5) is 8.78 Å². The molecular weight excluding hydrogens is 1830 g/mol. The van der Waals surface area contributed by atoms with Crippen molar-refractivity contribution in [3.8, 4) is 0 Å². The molecule has 4 aromatic carbocycles. The van der Waals surface area contributed by atoms with Crippen molar-refractivity contribution in [2.75, 3.05) is 6.54 Å². The number of hydrogen-bond acceptors (Lipinski definition) is 24. The molecule has 35 heteroatoms. The Labute approximate surface area is 827 Å². The number of amides is 9. The first-order chi connectivity index (χ1) is 67.8. The van der Waals surface area contributed by atoms with Crippen LogP contribution < -0.4 is 47.9 Å². The van der Waals surface area contributed by atoms with Crippen LogP contribution in [0.25, 0.3) is 10.8 Å². The Hall–Kier alpha value is -13.2. The summed E-state index contributed by atoms with van der Waals surface area (Å²) in [6.07, 6.45) is 19.7. The van der Waals surface area contributed by atoms with Gasteiger partial charge in [0, 0.05) is 111 Å². The maximum Gasteiger partial charge on any atom is 0.274 e. The molecule has 0 spiro atoms. The molecule has 1 saturated heterocycles. The fraction of sp³-hybridized carbons (Fsp3) is 0.533. The van der Waals surface area contributed by atoms with Crippen molar-refractivity contribution in [2.24, 2.45) is 65.1 Å². The Kier molecular flexibility index (Phi) is 46.8. The molecule has 9 N–H and O–H groups in total. The van der Waals surface area contributed by atoms with E-state index in [1.807, 2.05) is 105 Å². The van der Waals surface area contributed by atoms with Crippen LogP contribution in [-0.2, 0) is 91.2 Å². The SMILES string of the molecule is CC(C)C[C@H](CC(=O)[C@@H](C)Cc1ccc(F)cc1)C(=O)N[C@H](C=O)C[C@@H]1CCNC1=O.CC(C)C[C@H](CC(=O)[C@H](Cc1ccc(F)cc1)NC(=O)c1cnccn1)C(=O)N[C@H](C=O)C[C@@H]1CCCCC1=O.Cc1cc(C(=O)N[C@@H](CC(C)C)C(=O)N[C@H](C=O)C[C@@H]2CCCCC2=O)no1.Cc1cc(C(=O)N[C@@H](Cc2cccc3ccccc23)C(=O)N[C@@H](CC(C)C)C(=O)NC(C=O)C[C@@H]2CCCCC2=O)no1. The molecule has 11 rings (SSSR count). The molecule has 142 heavy (non-hydrogen) atoms. The largest absolute Gasteiger partial charge is 0.361 e. The minimum absolute atomic E-state index is 0.0296. The number of ketones is 5. The van der Waals surface area contributed by atoms with Gasteiger partial charge in [-0.15, -0.1) is 0 Å². The molecule has 3 aromatic heterocycles. The van der Waals surface area contributed by atoms with E-state index in [0.717, 1.165) is 66.8 Å². The lowest BCUT2D eigenvalue weighted by molar-refractivity contribution is -0.132. The van der Waals surface area contributed by atoms with Crippen LogP contribution in [0.1, 0.15) is 270 Å². The lowest BCUT2D eigenvalue weighted by Crippen LogP contribution is -2.56. The number of nitrogens with zero attached hydrogens (tertiary/aromatic N) is 4. The highest BCUT2D eigenvalue weighted by Crippen LogP contribution is 2.31. The quantitative estimate of drug-likeness (QED) is 0.0160. The Morgan fingerprint density at radius 1 is 0.415 bits per heavy atom. The third-order valence-corrected chi connectivity index (χ3v) is 25.6. The van der Waals surface area contributed by atoms with Crippen molar-refractivity contribution < 1.29 is 104 Å². The maximum absolute atomic E-state index is 13.8.